The van der Waals surface area contributed by atoms with Gasteiger partial charge in [0.05, 0.1) is 28.8 Å². The molecule has 110 valence electrons. The summed E-state index contributed by atoms with van der Waals surface area (Å²) < 4.78 is 5.64. The van der Waals surface area contributed by atoms with Crippen molar-refractivity contribution < 1.29 is 9.53 Å². The molecule has 0 aromatic heterocycles. The van der Waals surface area contributed by atoms with Crippen molar-refractivity contribution in [2.75, 3.05) is 25.0 Å². The molecule has 1 aromatic rings. The van der Waals surface area contributed by atoms with E-state index >= 15 is 0 Å². The Morgan fingerprint density at radius 1 is 1.30 bits per heavy atom. The number of carbonyl (C=O) groups is 1. The molecular weight excluding hydrogens is 299 g/mol. The number of halogens is 2. The molecule has 1 aromatic carbocycles. The van der Waals surface area contributed by atoms with Crippen LogP contribution < -0.4 is 5.32 Å². The van der Waals surface area contributed by atoms with Crippen LogP contribution in [0.4, 0.5) is 5.69 Å². The molecule has 1 amide bonds. The molecule has 1 saturated heterocycles. The third-order valence-corrected chi connectivity index (χ3v) is 3.80. The van der Waals surface area contributed by atoms with Crippen LogP contribution >= 0.6 is 23.2 Å². The molecule has 0 spiro atoms. The number of hydrogen-bond acceptors (Lipinski definition) is 3. The van der Waals surface area contributed by atoms with Crippen molar-refractivity contribution in [1.82, 2.24) is 4.90 Å². The van der Waals surface area contributed by atoms with Crippen molar-refractivity contribution in [3.05, 3.63) is 28.2 Å². The van der Waals surface area contributed by atoms with Crippen LogP contribution in [0.25, 0.3) is 0 Å². The minimum absolute atomic E-state index is 0.0651. The topological polar surface area (TPSA) is 41.6 Å². The lowest BCUT2D eigenvalue weighted by molar-refractivity contribution is -0.121. The number of rotatable bonds is 3. The van der Waals surface area contributed by atoms with Gasteiger partial charge in [0, 0.05) is 18.8 Å². The summed E-state index contributed by atoms with van der Waals surface area (Å²) >= 11 is 11.8. The van der Waals surface area contributed by atoms with Gasteiger partial charge in [0.1, 0.15) is 0 Å². The third kappa shape index (κ3) is 4.35. The summed E-state index contributed by atoms with van der Waals surface area (Å²) in [5.41, 5.74) is 0.652. The van der Waals surface area contributed by atoms with E-state index in [4.69, 9.17) is 27.9 Å². The van der Waals surface area contributed by atoms with E-state index in [2.05, 4.69) is 10.2 Å². The van der Waals surface area contributed by atoms with Gasteiger partial charge in [-0.05, 0) is 32.0 Å². The van der Waals surface area contributed by atoms with Gasteiger partial charge in [-0.2, -0.15) is 0 Å². The highest BCUT2D eigenvalue weighted by Crippen LogP contribution is 2.25. The fourth-order valence-corrected chi connectivity index (χ4v) is 2.69. The highest BCUT2D eigenvalue weighted by Gasteiger charge is 2.23. The summed E-state index contributed by atoms with van der Waals surface area (Å²) in [6, 6.07) is 5.04. The molecule has 6 heteroatoms. The molecule has 2 atom stereocenters. The van der Waals surface area contributed by atoms with E-state index in [1.54, 1.807) is 18.2 Å². The average molecular weight is 317 g/mol. The lowest BCUT2D eigenvalue weighted by Crippen LogP contribution is -2.48. The molecule has 0 unspecified atom stereocenters. The standard InChI is InChI=1S/C14H18Cl2N2O2/c1-9-6-18(7-10(2)20-9)8-14(19)17-11-3-4-12(15)13(16)5-11/h3-5,9-10H,6-8H2,1-2H3,(H,17,19)/t9-,10+. The highest BCUT2D eigenvalue weighted by atomic mass is 35.5. The zero-order chi connectivity index (χ0) is 14.7. The maximum Gasteiger partial charge on any atom is 0.238 e. The van der Waals surface area contributed by atoms with Gasteiger partial charge in [0.25, 0.3) is 0 Å². The molecule has 20 heavy (non-hydrogen) atoms. The Labute approximate surface area is 129 Å². The Balaban J connectivity index is 1.90. The van der Waals surface area contributed by atoms with E-state index in [1.165, 1.54) is 0 Å². The smallest absolute Gasteiger partial charge is 0.238 e. The first-order valence-corrected chi connectivity index (χ1v) is 7.32. The van der Waals surface area contributed by atoms with E-state index < -0.39 is 0 Å². The summed E-state index contributed by atoms with van der Waals surface area (Å²) in [4.78, 5) is 14.1. The van der Waals surface area contributed by atoms with Crippen molar-refractivity contribution >= 4 is 34.8 Å². The number of hydrogen-bond donors (Lipinski definition) is 1. The lowest BCUT2D eigenvalue weighted by atomic mass is 10.2. The maximum absolute atomic E-state index is 12.0. The Morgan fingerprint density at radius 2 is 1.95 bits per heavy atom. The number of benzene rings is 1. The van der Waals surface area contributed by atoms with Crippen molar-refractivity contribution in [3.8, 4) is 0 Å². The van der Waals surface area contributed by atoms with Crippen molar-refractivity contribution in [3.63, 3.8) is 0 Å². The van der Waals surface area contributed by atoms with Crippen molar-refractivity contribution in [2.45, 2.75) is 26.1 Å². The van der Waals surface area contributed by atoms with Crippen molar-refractivity contribution in [1.29, 1.82) is 0 Å². The number of morpholine rings is 1. The molecule has 0 aliphatic carbocycles. The Morgan fingerprint density at radius 3 is 2.55 bits per heavy atom. The molecule has 4 nitrogen and oxygen atoms in total. The number of anilines is 1. The first-order valence-electron chi connectivity index (χ1n) is 6.56. The number of nitrogens with zero attached hydrogens (tertiary/aromatic N) is 1. The highest BCUT2D eigenvalue weighted by molar-refractivity contribution is 6.42. The molecule has 2 rings (SSSR count). The number of amides is 1. The maximum atomic E-state index is 12.0. The summed E-state index contributed by atoms with van der Waals surface area (Å²) in [5.74, 6) is -0.0651. The van der Waals surface area contributed by atoms with Crippen molar-refractivity contribution in [2.24, 2.45) is 0 Å². The number of nitrogens with one attached hydrogen (secondary N) is 1. The van der Waals surface area contributed by atoms with Crippen LogP contribution in [-0.2, 0) is 9.53 Å². The first-order chi connectivity index (χ1) is 9.44. The molecular formula is C14H18Cl2N2O2. The quantitative estimate of drug-likeness (QED) is 0.932. The van der Waals surface area contributed by atoms with Crippen LogP contribution in [0, 0.1) is 0 Å². The van der Waals surface area contributed by atoms with Gasteiger partial charge in [0.15, 0.2) is 0 Å². The Kier molecular flexibility index (Phi) is 5.27. The van der Waals surface area contributed by atoms with E-state index in [0.29, 0.717) is 22.3 Å². The fourth-order valence-electron chi connectivity index (χ4n) is 2.39. The van der Waals surface area contributed by atoms with Crippen LogP contribution in [0.1, 0.15) is 13.8 Å². The zero-order valence-electron chi connectivity index (χ0n) is 11.5. The van der Waals surface area contributed by atoms with Gasteiger partial charge >= 0.3 is 0 Å². The zero-order valence-corrected chi connectivity index (χ0v) is 13.0. The molecule has 1 heterocycles. The van der Waals surface area contributed by atoms with Crippen LogP contribution in [0.15, 0.2) is 18.2 Å². The second kappa shape index (κ2) is 6.76. The molecule has 1 N–H and O–H groups in total. The minimum atomic E-state index is -0.0651. The van der Waals surface area contributed by atoms with E-state index in [1.807, 2.05) is 13.8 Å². The SMILES string of the molecule is C[C@@H]1CN(CC(=O)Nc2ccc(Cl)c(Cl)c2)C[C@H](C)O1. The Bertz CT molecular complexity index is 486. The second-order valence-electron chi connectivity index (χ2n) is 5.13. The van der Waals surface area contributed by atoms with Gasteiger partial charge in [-0.15, -0.1) is 0 Å². The molecule has 0 saturated carbocycles. The predicted molar refractivity (Wildman–Crippen MR) is 81.5 cm³/mol. The molecule has 0 bridgehead atoms. The van der Waals surface area contributed by atoms with Gasteiger partial charge in [-0.25, -0.2) is 0 Å². The van der Waals surface area contributed by atoms with Gasteiger partial charge in [0.2, 0.25) is 5.91 Å². The summed E-state index contributed by atoms with van der Waals surface area (Å²) in [6.45, 7) is 5.90. The molecule has 1 aliphatic heterocycles. The summed E-state index contributed by atoms with van der Waals surface area (Å²) in [5, 5.41) is 3.72. The molecule has 0 radical (unpaired) electrons. The van der Waals surface area contributed by atoms with Gasteiger partial charge in [-0.3, -0.25) is 9.69 Å². The van der Waals surface area contributed by atoms with Crippen LogP contribution in [0.3, 0.4) is 0 Å². The monoisotopic (exact) mass is 316 g/mol. The summed E-state index contributed by atoms with van der Waals surface area (Å²) in [6.07, 6.45) is 0.299. The average Bonchev–Trinajstić information content (AvgIpc) is 2.32. The molecule has 1 fully saturated rings. The third-order valence-electron chi connectivity index (χ3n) is 3.07. The van der Waals surface area contributed by atoms with E-state index in [-0.39, 0.29) is 18.1 Å². The van der Waals surface area contributed by atoms with Gasteiger partial charge in [-0.1, -0.05) is 23.2 Å². The first kappa shape index (κ1) is 15.6. The Hall–Kier alpha value is -0.810. The number of carbonyl (C=O) groups excluding carboxylic acids is 1. The number of ether oxygens (including phenoxy) is 1. The van der Waals surface area contributed by atoms with E-state index in [9.17, 15) is 4.79 Å². The van der Waals surface area contributed by atoms with Crippen LogP contribution in [0.2, 0.25) is 10.0 Å². The van der Waals surface area contributed by atoms with Crippen LogP contribution in [0.5, 0.6) is 0 Å². The van der Waals surface area contributed by atoms with Gasteiger partial charge < -0.3 is 10.1 Å². The van der Waals surface area contributed by atoms with E-state index in [0.717, 1.165) is 13.1 Å². The fraction of sp³-hybridized carbons (Fsp3) is 0.500. The molecule has 1 aliphatic rings. The largest absolute Gasteiger partial charge is 0.373 e. The summed E-state index contributed by atoms with van der Waals surface area (Å²) in [7, 11) is 0. The second-order valence-corrected chi connectivity index (χ2v) is 5.94. The lowest BCUT2D eigenvalue weighted by Gasteiger charge is -2.34. The van der Waals surface area contributed by atoms with Crippen LogP contribution in [-0.4, -0.2) is 42.6 Å². The normalized spacial score (nSPS) is 23.6. The predicted octanol–water partition coefficient (Wildman–Crippen LogP) is 3.04. The minimum Gasteiger partial charge on any atom is -0.373 e.